The first-order chi connectivity index (χ1) is 14.9. The van der Waals surface area contributed by atoms with Gasteiger partial charge in [0.2, 0.25) is 10.0 Å². The van der Waals surface area contributed by atoms with E-state index in [4.69, 9.17) is 4.74 Å². The molecule has 0 aliphatic carbocycles. The van der Waals surface area contributed by atoms with Crippen LogP contribution in [-0.4, -0.2) is 60.8 Å². The van der Waals surface area contributed by atoms with Crippen molar-refractivity contribution in [3.63, 3.8) is 0 Å². The number of aliphatic imine (C=N–C) groups is 1. The molecule has 0 aromatic heterocycles. The summed E-state index contributed by atoms with van der Waals surface area (Å²) in [5, 5.41) is 6.59. The van der Waals surface area contributed by atoms with Crippen LogP contribution in [0.25, 0.3) is 0 Å². The number of anilines is 1. The second-order valence-corrected chi connectivity index (χ2v) is 9.22. The minimum atomic E-state index is -3.52. The van der Waals surface area contributed by atoms with Gasteiger partial charge in [0.25, 0.3) is 0 Å². The number of benzene rings is 2. The number of para-hydroxylation sites is 2. The van der Waals surface area contributed by atoms with Gasteiger partial charge >= 0.3 is 0 Å². The molecule has 0 saturated carbocycles. The lowest BCUT2D eigenvalue weighted by molar-refractivity contribution is 0.415. The third-order valence-corrected chi connectivity index (χ3v) is 6.70. The van der Waals surface area contributed by atoms with Gasteiger partial charge in [0.05, 0.1) is 17.7 Å². The highest BCUT2D eigenvalue weighted by atomic mass is 127. The van der Waals surface area contributed by atoms with Crippen molar-refractivity contribution in [3.8, 4) is 5.75 Å². The molecule has 0 radical (unpaired) electrons. The van der Waals surface area contributed by atoms with Crippen molar-refractivity contribution in [1.82, 2.24) is 15.4 Å². The lowest BCUT2D eigenvalue weighted by atomic mass is 10.2. The van der Waals surface area contributed by atoms with Gasteiger partial charge in [0, 0.05) is 39.3 Å². The number of aryl methyl sites for hydroxylation is 1. The SMILES string of the molecule is CN=C(NCCNS(=O)(=O)c1ccc(C)cc1)NC1CCN(c2ccccc2OC)C1.I. The molecule has 3 N–H and O–H groups in total. The lowest BCUT2D eigenvalue weighted by Gasteiger charge is -2.22. The van der Waals surface area contributed by atoms with E-state index in [1.54, 1.807) is 38.4 Å². The van der Waals surface area contributed by atoms with Crippen LogP contribution in [-0.2, 0) is 10.0 Å². The van der Waals surface area contributed by atoms with Crippen LogP contribution < -0.4 is 25.0 Å². The van der Waals surface area contributed by atoms with E-state index in [0.29, 0.717) is 12.5 Å². The Morgan fingerprint density at radius 1 is 1.16 bits per heavy atom. The lowest BCUT2D eigenvalue weighted by Crippen LogP contribution is -2.46. The Kier molecular flexibility index (Phi) is 10.0. The fourth-order valence-corrected chi connectivity index (χ4v) is 4.57. The Hall–Kier alpha value is -2.05. The van der Waals surface area contributed by atoms with E-state index in [1.165, 1.54) is 0 Å². The monoisotopic (exact) mass is 573 g/mol. The zero-order chi connectivity index (χ0) is 22.3. The maximum Gasteiger partial charge on any atom is 0.240 e. The average Bonchev–Trinajstić information content (AvgIpc) is 3.24. The van der Waals surface area contributed by atoms with Crippen molar-refractivity contribution in [3.05, 3.63) is 54.1 Å². The fraction of sp³-hybridized carbons (Fsp3) is 0.409. The normalized spacial score (nSPS) is 16.4. The summed E-state index contributed by atoms with van der Waals surface area (Å²) in [6.07, 6.45) is 0.971. The number of hydrogen-bond donors (Lipinski definition) is 3. The van der Waals surface area contributed by atoms with Gasteiger partial charge in [0.1, 0.15) is 5.75 Å². The van der Waals surface area contributed by atoms with Gasteiger partial charge < -0.3 is 20.3 Å². The molecule has 1 saturated heterocycles. The summed E-state index contributed by atoms with van der Waals surface area (Å²) < 4.78 is 32.8. The molecule has 10 heteroatoms. The Balaban J connectivity index is 0.00000363. The van der Waals surface area contributed by atoms with Crippen LogP contribution in [0.1, 0.15) is 12.0 Å². The Morgan fingerprint density at radius 2 is 1.88 bits per heavy atom. The predicted octanol–water partition coefficient (Wildman–Crippen LogP) is 2.34. The summed E-state index contributed by atoms with van der Waals surface area (Å²) >= 11 is 0. The third kappa shape index (κ3) is 6.97. The van der Waals surface area contributed by atoms with Crippen LogP contribution in [0.2, 0.25) is 0 Å². The van der Waals surface area contributed by atoms with E-state index >= 15 is 0 Å². The summed E-state index contributed by atoms with van der Waals surface area (Å²) in [5.41, 5.74) is 2.11. The second-order valence-electron chi connectivity index (χ2n) is 7.46. The van der Waals surface area contributed by atoms with E-state index in [-0.39, 0.29) is 41.5 Å². The van der Waals surface area contributed by atoms with E-state index < -0.39 is 10.0 Å². The van der Waals surface area contributed by atoms with Crippen molar-refractivity contribution in [2.24, 2.45) is 4.99 Å². The molecule has 1 fully saturated rings. The zero-order valence-corrected chi connectivity index (χ0v) is 21.8. The molecule has 176 valence electrons. The maximum atomic E-state index is 12.4. The maximum absolute atomic E-state index is 12.4. The molecule has 1 aliphatic heterocycles. The van der Waals surface area contributed by atoms with Crippen LogP contribution in [0.15, 0.2) is 58.4 Å². The van der Waals surface area contributed by atoms with Crippen molar-refractivity contribution < 1.29 is 13.2 Å². The molecule has 0 amide bonds. The first-order valence-electron chi connectivity index (χ1n) is 10.3. The largest absolute Gasteiger partial charge is 0.495 e. The standard InChI is InChI=1S/C22H31N5O3S.HI/c1-17-8-10-19(11-9-17)31(28,29)25-14-13-24-22(23-2)26-18-12-15-27(16-18)20-6-4-5-7-21(20)30-3;/h4-11,18,25H,12-16H2,1-3H3,(H2,23,24,26);1H. The summed E-state index contributed by atoms with van der Waals surface area (Å²) in [7, 11) is -0.126. The number of nitrogens with zero attached hydrogens (tertiary/aromatic N) is 2. The molecule has 1 aliphatic rings. The van der Waals surface area contributed by atoms with Gasteiger partial charge in [-0.15, -0.1) is 24.0 Å². The smallest absolute Gasteiger partial charge is 0.240 e. The van der Waals surface area contributed by atoms with Gasteiger partial charge in [-0.1, -0.05) is 29.8 Å². The van der Waals surface area contributed by atoms with Gasteiger partial charge in [0.15, 0.2) is 5.96 Å². The highest BCUT2D eigenvalue weighted by molar-refractivity contribution is 14.0. The molecule has 1 heterocycles. The molecule has 2 aromatic carbocycles. The molecule has 2 aromatic rings. The van der Waals surface area contributed by atoms with E-state index in [0.717, 1.165) is 36.5 Å². The summed E-state index contributed by atoms with van der Waals surface area (Å²) in [5.74, 6) is 1.52. The van der Waals surface area contributed by atoms with Crippen molar-refractivity contribution in [1.29, 1.82) is 0 Å². The number of nitrogens with one attached hydrogen (secondary N) is 3. The molecule has 3 rings (SSSR count). The van der Waals surface area contributed by atoms with Gasteiger partial charge in [-0.2, -0.15) is 0 Å². The first kappa shape index (κ1) is 26.2. The number of sulfonamides is 1. The van der Waals surface area contributed by atoms with Crippen LogP contribution in [0.4, 0.5) is 5.69 Å². The minimum absolute atomic E-state index is 0. The predicted molar refractivity (Wildman–Crippen MR) is 140 cm³/mol. The molecule has 0 spiro atoms. The Morgan fingerprint density at radius 3 is 2.56 bits per heavy atom. The molecule has 1 unspecified atom stereocenters. The fourth-order valence-electron chi connectivity index (χ4n) is 3.54. The van der Waals surface area contributed by atoms with E-state index in [9.17, 15) is 8.42 Å². The number of ether oxygens (including phenoxy) is 1. The molecule has 8 nitrogen and oxygen atoms in total. The quantitative estimate of drug-likeness (QED) is 0.194. The molecule has 1 atom stereocenters. The molecular weight excluding hydrogens is 541 g/mol. The van der Waals surface area contributed by atoms with Crippen LogP contribution in [0.5, 0.6) is 5.75 Å². The number of guanidine groups is 1. The molecular formula is C22H32IN5O3S. The summed E-state index contributed by atoms with van der Waals surface area (Å²) in [6, 6.07) is 15.0. The van der Waals surface area contributed by atoms with Gasteiger partial charge in [-0.3, -0.25) is 4.99 Å². The average molecular weight is 574 g/mol. The minimum Gasteiger partial charge on any atom is -0.495 e. The number of rotatable bonds is 8. The molecule has 32 heavy (non-hydrogen) atoms. The Bertz CT molecular complexity index is 999. The highest BCUT2D eigenvalue weighted by Crippen LogP contribution is 2.30. The number of hydrogen-bond acceptors (Lipinski definition) is 5. The van der Waals surface area contributed by atoms with Crippen molar-refractivity contribution >= 4 is 45.6 Å². The van der Waals surface area contributed by atoms with Gasteiger partial charge in [-0.05, 0) is 37.6 Å². The summed E-state index contributed by atoms with van der Waals surface area (Å²) in [6.45, 7) is 4.36. The van der Waals surface area contributed by atoms with Crippen LogP contribution in [0.3, 0.4) is 0 Å². The Labute approximate surface area is 207 Å². The summed E-state index contributed by atoms with van der Waals surface area (Å²) in [4.78, 5) is 6.82. The highest BCUT2D eigenvalue weighted by Gasteiger charge is 2.25. The van der Waals surface area contributed by atoms with Crippen molar-refractivity contribution in [2.45, 2.75) is 24.3 Å². The van der Waals surface area contributed by atoms with Gasteiger partial charge in [-0.25, -0.2) is 13.1 Å². The van der Waals surface area contributed by atoms with E-state index in [2.05, 4.69) is 31.3 Å². The number of methoxy groups -OCH3 is 1. The first-order valence-corrected chi connectivity index (χ1v) is 11.8. The van der Waals surface area contributed by atoms with Crippen molar-refractivity contribution in [2.75, 3.05) is 45.2 Å². The van der Waals surface area contributed by atoms with Crippen LogP contribution in [0, 0.1) is 6.92 Å². The topological polar surface area (TPSA) is 95.1 Å². The van der Waals surface area contributed by atoms with Crippen LogP contribution >= 0.6 is 24.0 Å². The number of halogens is 1. The second kappa shape index (κ2) is 12.3. The zero-order valence-electron chi connectivity index (χ0n) is 18.7. The third-order valence-electron chi connectivity index (χ3n) is 5.22. The van der Waals surface area contributed by atoms with E-state index in [1.807, 2.05) is 25.1 Å². The molecule has 0 bridgehead atoms.